The molecule has 2 atom stereocenters. The number of carboxylic acids is 1. The molecular formula is C24H22Cl2N4O4. The van der Waals surface area contributed by atoms with Gasteiger partial charge in [0.15, 0.2) is 5.69 Å². The van der Waals surface area contributed by atoms with Crippen LogP contribution in [-0.2, 0) is 6.54 Å². The molecule has 10 heteroatoms. The van der Waals surface area contributed by atoms with Gasteiger partial charge in [-0.1, -0.05) is 35.3 Å². The third-order valence-corrected chi connectivity index (χ3v) is 6.78. The Hall–Kier alpha value is -3.07. The summed E-state index contributed by atoms with van der Waals surface area (Å²) >= 11 is 11.8. The normalized spacial score (nSPS) is 19.9. The number of rotatable bonds is 5. The van der Waals surface area contributed by atoms with Crippen molar-refractivity contribution in [2.45, 2.75) is 6.54 Å². The van der Waals surface area contributed by atoms with Crippen LogP contribution in [0, 0.1) is 11.8 Å². The Morgan fingerprint density at radius 3 is 2.35 bits per heavy atom. The summed E-state index contributed by atoms with van der Waals surface area (Å²) in [5.41, 5.74) is 0.842. The number of amides is 1. The van der Waals surface area contributed by atoms with E-state index in [4.69, 9.17) is 33.0 Å². The Bertz CT molecular complexity index is 1220. The molecule has 34 heavy (non-hydrogen) atoms. The molecule has 2 aliphatic rings. The maximum atomic E-state index is 12.8. The summed E-state index contributed by atoms with van der Waals surface area (Å²) in [5.74, 6) is 0.975. The standard InChI is InChI=1S/C24H22Cl2N4O4/c25-18-4-6-19(7-5-18)34-20-3-1-2-15(8-20)9-28-10-16-12-29(13-17(16)11-28)24(33)30-14-21(26)22(27-30)23(31)32/h1-8,14,16-17H,9-13H2,(H,31,32). The fourth-order valence-corrected chi connectivity index (χ4v) is 5.06. The van der Waals surface area contributed by atoms with E-state index in [-0.39, 0.29) is 16.7 Å². The fourth-order valence-electron chi connectivity index (χ4n) is 4.72. The van der Waals surface area contributed by atoms with Crippen molar-refractivity contribution in [1.29, 1.82) is 0 Å². The third-order valence-electron chi connectivity index (χ3n) is 6.25. The van der Waals surface area contributed by atoms with Crippen molar-refractivity contribution in [1.82, 2.24) is 19.6 Å². The number of likely N-dealkylation sites (tertiary alicyclic amines) is 2. The molecule has 1 N–H and O–H groups in total. The molecule has 1 amide bonds. The van der Waals surface area contributed by atoms with Gasteiger partial charge in [-0.2, -0.15) is 9.78 Å². The second kappa shape index (κ2) is 9.29. The predicted molar refractivity (Wildman–Crippen MR) is 127 cm³/mol. The van der Waals surface area contributed by atoms with Crippen molar-refractivity contribution in [3.8, 4) is 11.5 Å². The molecule has 8 nitrogen and oxygen atoms in total. The molecule has 2 aromatic carbocycles. The zero-order valence-corrected chi connectivity index (χ0v) is 19.6. The van der Waals surface area contributed by atoms with E-state index < -0.39 is 5.97 Å². The molecule has 2 fully saturated rings. The highest BCUT2D eigenvalue weighted by atomic mass is 35.5. The highest BCUT2D eigenvalue weighted by Gasteiger charge is 2.42. The van der Waals surface area contributed by atoms with E-state index in [1.165, 1.54) is 6.20 Å². The van der Waals surface area contributed by atoms with E-state index in [0.717, 1.165) is 41.4 Å². The third kappa shape index (κ3) is 4.75. The van der Waals surface area contributed by atoms with Gasteiger partial charge in [0.2, 0.25) is 0 Å². The maximum absolute atomic E-state index is 12.8. The average molecular weight is 501 g/mol. The van der Waals surface area contributed by atoms with Crippen molar-refractivity contribution >= 4 is 35.2 Å². The number of hydrogen-bond acceptors (Lipinski definition) is 5. The van der Waals surface area contributed by atoms with Gasteiger partial charge in [0.1, 0.15) is 11.5 Å². The number of carbonyl (C=O) groups excluding carboxylic acids is 1. The van der Waals surface area contributed by atoms with Crippen LogP contribution >= 0.6 is 23.2 Å². The van der Waals surface area contributed by atoms with Gasteiger partial charge in [-0.25, -0.2) is 9.59 Å². The SMILES string of the molecule is O=C(O)c1nn(C(=O)N2CC3CN(Cc4cccc(Oc5ccc(Cl)cc5)c4)CC3C2)cc1Cl. The number of nitrogens with zero attached hydrogens (tertiary/aromatic N) is 4. The number of fused-ring (bicyclic) bond motifs is 1. The van der Waals surface area contributed by atoms with E-state index in [0.29, 0.717) is 29.9 Å². The Morgan fingerprint density at radius 1 is 1.00 bits per heavy atom. The van der Waals surface area contributed by atoms with Crippen LogP contribution in [0.4, 0.5) is 4.79 Å². The summed E-state index contributed by atoms with van der Waals surface area (Å²) in [4.78, 5) is 28.1. The van der Waals surface area contributed by atoms with Crippen LogP contribution in [0.15, 0.2) is 54.7 Å². The summed E-state index contributed by atoms with van der Waals surface area (Å²) in [7, 11) is 0. The summed E-state index contributed by atoms with van der Waals surface area (Å²) in [5, 5.41) is 13.5. The van der Waals surface area contributed by atoms with Crippen LogP contribution in [0.5, 0.6) is 11.5 Å². The second-order valence-corrected chi connectivity index (χ2v) is 9.52. The van der Waals surface area contributed by atoms with Gasteiger partial charge in [-0.05, 0) is 53.8 Å². The first-order valence-corrected chi connectivity index (χ1v) is 11.6. The molecule has 3 heterocycles. The number of benzene rings is 2. The number of carbonyl (C=O) groups is 2. The van der Waals surface area contributed by atoms with Crippen LogP contribution in [0.2, 0.25) is 10.0 Å². The summed E-state index contributed by atoms with van der Waals surface area (Å²) < 4.78 is 6.97. The van der Waals surface area contributed by atoms with Crippen molar-refractivity contribution in [3.05, 3.63) is 76.0 Å². The molecule has 0 spiro atoms. The largest absolute Gasteiger partial charge is 0.476 e. The van der Waals surface area contributed by atoms with Crippen LogP contribution in [0.25, 0.3) is 0 Å². The molecule has 5 rings (SSSR count). The van der Waals surface area contributed by atoms with Gasteiger partial charge in [0.05, 0.1) is 11.2 Å². The Morgan fingerprint density at radius 2 is 1.71 bits per heavy atom. The zero-order valence-electron chi connectivity index (χ0n) is 18.1. The first-order valence-electron chi connectivity index (χ1n) is 10.9. The molecule has 2 aliphatic heterocycles. The Kier molecular flexibility index (Phi) is 6.20. The molecule has 0 radical (unpaired) electrons. The van der Waals surface area contributed by atoms with Crippen LogP contribution in [0.1, 0.15) is 16.1 Å². The van der Waals surface area contributed by atoms with E-state index in [2.05, 4.69) is 16.1 Å². The van der Waals surface area contributed by atoms with Crippen molar-refractivity contribution in [3.63, 3.8) is 0 Å². The van der Waals surface area contributed by atoms with E-state index in [1.54, 1.807) is 17.0 Å². The molecule has 2 unspecified atom stereocenters. The molecule has 0 aliphatic carbocycles. The zero-order chi connectivity index (χ0) is 23.8. The predicted octanol–water partition coefficient (Wildman–Crippen LogP) is 4.71. The minimum Gasteiger partial charge on any atom is -0.476 e. The van der Waals surface area contributed by atoms with Gasteiger partial charge in [-0.3, -0.25) is 4.90 Å². The lowest BCUT2D eigenvalue weighted by molar-refractivity contribution is 0.0690. The number of halogens is 2. The van der Waals surface area contributed by atoms with Crippen LogP contribution in [-0.4, -0.2) is 62.9 Å². The molecule has 0 bridgehead atoms. The monoisotopic (exact) mass is 500 g/mol. The van der Waals surface area contributed by atoms with Crippen LogP contribution in [0.3, 0.4) is 0 Å². The first kappa shape index (κ1) is 22.7. The molecule has 1 aromatic heterocycles. The summed E-state index contributed by atoms with van der Waals surface area (Å²) in [6.07, 6.45) is 1.26. The first-order chi connectivity index (χ1) is 16.4. The van der Waals surface area contributed by atoms with Gasteiger partial charge in [-0.15, -0.1) is 0 Å². The number of aromatic nitrogens is 2. The molecule has 2 saturated heterocycles. The summed E-state index contributed by atoms with van der Waals surface area (Å²) in [6, 6.07) is 15.0. The minimum atomic E-state index is -1.26. The van der Waals surface area contributed by atoms with Gasteiger partial charge < -0.3 is 14.7 Å². The topological polar surface area (TPSA) is 87.9 Å². The fraction of sp³-hybridized carbons (Fsp3) is 0.292. The van der Waals surface area contributed by atoms with E-state index in [1.807, 2.05) is 30.3 Å². The number of aromatic carboxylic acids is 1. The Labute approximate surface area is 206 Å². The van der Waals surface area contributed by atoms with Crippen LogP contribution < -0.4 is 4.74 Å². The molecule has 0 saturated carbocycles. The molecular weight excluding hydrogens is 479 g/mol. The van der Waals surface area contributed by atoms with Crippen molar-refractivity contribution < 1.29 is 19.4 Å². The highest BCUT2D eigenvalue weighted by molar-refractivity contribution is 6.33. The number of ether oxygens (including phenoxy) is 1. The van der Waals surface area contributed by atoms with E-state index >= 15 is 0 Å². The minimum absolute atomic E-state index is 0.0475. The van der Waals surface area contributed by atoms with Gasteiger partial charge in [0, 0.05) is 37.7 Å². The van der Waals surface area contributed by atoms with Crippen molar-refractivity contribution in [2.75, 3.05) is 26.2 Å². The smallest absolute Gasteiger partial charge is 0.357 e. The van der Waals surface area contributed by atoms with Gasteiger partial charge in [0.25, 0.3) is 0 Å². The second-order valence-electron chi connectivity index (χ2n) is 8.68. The number of hydrogen-bond donors (Lipinski definition) is 1. The lowest BCUT2D eigenvalue weighted by Crippen LogP contribution is -2.36. The molecule has 176 valence electrons. The quantitative estimate of drug-likeness (QED) is 0.545. The Balaban J connectivity index is 1.17. The lowest BCUT2D eigenvalue weighted by Gasteiger charge is -2.21. The molecule has 3 aromatic rings. The number of carboxylic acid groups (broad SMARTS) is 1. The summed E-state index contributed by atoms with van der Waals surface area (Å²) in [6.45, 7) is 3.79. The highest BCUT2D eigenvalue weighted by Crippen LogP contribution is 2.33. The van der Waals surface area contributed by atoms with Gasteiger partial charge >= 0.3 is 12.0 Å². The maximum Gasteiger partial charge on any atom is 0.357 e. The van der Waals surface area contributed by atoms with Crippen molar-refractivity contribution in [2.24, 2.45) is 11.8 Å². The lowest BCUT2D eigenvalue weighted by atomic mass is 10.0. The van der Waals surface area contributed by atoms with E-state index in [9.17, 15) is 9.59 Å². The average Bonchev–Trinajstić information content (AvgIpc) is 3.48.